The highest BCUT2D eigenvalue weighted by molar-refractivity contribution is 5.87. The Hall–Kier alpha value is -1.96. The molecule has 0 aliphatic carbocycles. The fourth-order valence-electron chi connectivity index (χ4n) is 1.16. The summed E-state index contributed by atoms with van der Waals surface area (Å²) in [6.45, 7) is 6.10. The molecule has 0 heterocycles. The van der Waals surface area contributed by atoms with Crippen LogP contribution in [-0.2, 0) is 9.53 Å². The van der Waals surface area contributed by atoms with Crippen LogP contribution in [0.3, 0.4) is 0 Å². The van der Waals surface area contributed by atoms with Crippen molar-refractivity contribution in [2.24, 2.45) is 0 Å². The molecule has 28 heavy (non-hydrogen) atoms. The maximum atomic E-state index is 13.2. The van der Waals surface area contributed by atoms with Crippen molar-refractivity contribution in [3.05, 3.63) is 25.1 Å². The molecule has 0 spiro atoms. The van der Waals surface area contributed by atoms with Gasteiger partial charge in [0.05, 0.1) is 6.33 Å². The van der Waals surface area contributed by atoms with E-state index in [1.54, 1.807) is 0 Å². The van der Waals surface area contributed by atoms with Crippen molar-refractivity contribution >= 4 is 5.97 Å². The second-order valence-electron chi connectivity index (χ2n) is 4.79. The number of esters is 1. The number of hydrogen-bond acceptors (Lipinski definition) is 2. The minimum Gasteiger partial charge on any atom is -0.421 e. The van der Waals surface area contributed by atoms with E-state index in [-0.39, 0.29) is 6.33 Å². The standard InChI is InChI=1S/C11H8F12O2.C2H3F/c1-3(2)6(24)25-7(15)9(18,19)11(22,23)10(20,21)8(16,17)4(12)5(13)14;1-2-3/h4-5,7H,1H2,2H3;2H,1H2. The molecule has 0 aromatic rings. The van der Waals surface area contributed by atoms with E-state index < -0.39 is 54.2 Å². The average molecular weight is 446 g/mol. The fraction of sp³-hybridized carbons (Fsp3) is 0.615. The Morgan fingerprint density at radius 3 is 1.50 bits per heavy atom. The molecule has 0 aromatic carbocycles. The van der Waals surface area contributed by atoms with Gasteiger partial charge in [0.25, 0.3) is 6.43 Å². The molecule has 2 nitrogen and oxygen atoms in total. The lowest BCUT2D eigenvalue weighted by atomic mass is 9.95. The summed E-state index contributed by atoms with van der Waals surface area (Å²) in [5, 5.41) is 0. The number of hydrogen-bond donors (Lipinski definition) is 0. The number of halogens is 13. The Balaban J connectivity index is 0. The number of carbonyl (C=O) groups is 1. The van der Waals surface area contributed by atoms with Crippen LogP contribution in [0.5, 0.6) is 0 Å². The first kappa shape index (κ1) is 28.3. The van der Waals surface area contributed by atoms with Gasteiger partial charge in [-0.1, -0.05) is 13.2 Å². The van der Waals surface area contributed by atoms with Crippen molar-refractivity contribution in [1.29, 1.82) is 0 Å². The molecule has 15 heteroatoms. The summed E-state index contributed by atoms with van der Waals surface area (Å²) >= 11 is 0. The zero-order chi connectivity index (χ0) is 23.3. The van der Waals surface area contributed by atoms with Gasteiger partial charge in [0.2, 0.25) is 6.17 Å². The third-order valence-electron chi connectivity index (χ3n) is 2.64. The molecule has 0 saturated heterocycles. The zero-order valence-corrected chi connectivity index (χ0v) is 13.5. The Labute approximate surface area is 148 Å². The summed E-state index contributed by atoms with van der Waals surface area (Å²) in [6, 6.07) is 0. The van der Waals surface area contributed by atoms with Crippen molar-refractivity contribution in [1.82, 2.24) is 0 Å². The predicted molar refractivity (Wildman–Crippen MR) is 67.8 cm³/mol. The number of rotatable bonds is 8. The normalized spacial score (nSPS) is 15.2. The monoisotopic (exact) mass is 446 g/mol. The predicted octanol–water partition coefficient (Wildman–Crippen LogP) is 5.65. The van der Waals surface area contributed by atoms with Crippen LogP contribution in [-0.4, -0.2) is 48.6 Å². The van der Waals surface area contributed by atoms with Gasteiger partial charge < -0.3 is 4.74 Å². The molecule has 0 aliphatic heterocycles. The molecule has 2 unspecified atom stereocenters. The summed E-state index contributed by atoms with van der Waals surface area (Å²) in [7, 11) is 0. The van der Waals surface area contributed by atoms with Crippen LogP contribution in [0.25, 0.3) is 0 Å². The highest BCUT2D eigenvalue weighted by Crippen LogP contribution is 2.56. The van der Waals surface area contributed by atoms with Crippen molar-refractivity contribution in [2.45, 2.75) is 49.6 Å². The Bertz CT molecular complexity index is 559. The zero-order valence-electron chi connectivity index (χ0n) is 13.5. The van der Waals surface area contributed by atoms with Crippen LogP contribution in [0.15, 0.2) is 25.1 Å². The topological polar surface area (TPSA) is 26.3 Å². The Morgan fingerprint density at radius 2 is 1.21 bits per heavy atom. The van der Waals surface area contributed by atoms with Crippen LogP contribution >= 0.6 is 0 Å². The van der Waals surface area contributed by atoms with Crippen molar-refractivity contribution in [2.75, 3.05) is 0 Å². The number of alkyl halides is 12. The minimum atomic E-state index is -7.49. The number of carbonyl (C=O) groups excluding carboxylic acids is 1. The molecular weight excluding hydrogens is 435 g/mol. The second kappa shape index (κ2) is 9.49. The average Bonchev–Trinajstić information content (AvgIpc) is 2.53. The van der Waals surface area contributed by atoms with Crippen molar-refractivity contribution in [3.63, 3.8) is 0 Å². The second-order valence-corrected chi connectivity index (χ2v) is 4.79. The van der Waals surface area contributed by atoms with E-state index in [1.807, 2.05) is 0 Å². The highest BCUT2D eigenvalue weighted by Gasteiger charge is 2.85. The Morgan fingerprint density at radius 1 is 0.893 bits per heavy atom. The largest absolute Gasteiger partial charge is 0.421 e. The van der Waals surface area contributed by atoms with E-state index in [9.17, 15) is 61.9 Å². The van der Waals surface area contributed by atoms with Gasteiger partial charge in [-0.3, -0.25) is 0 Å². The summed E-state index contributed by atoms with van der Waals surface area (Å²) in [5.74, 6) is -30.9. The molecular formula is C13H11F13O2. The molecule has 0 amide bonds. The molecule has 0 radical (unpaired) electrons. The molecule has 166 valence electrons. The summed E-state index contributed by atoms with van der Waals surface area (Å²) in [5.41, 5.74) is -0.861. The highest BCUT2D eigenvalue weighted by atomic mass is 19.4. The molecule has 0 aliphatic rings. The molecule has 0 rings (SSSR count). The molecule has 0 aromatic heterocycles. The van der Waals surface area contributed by atoms with Gasteiger partial charge in [0.1, 0.15) is 0 Å². The molecule has 0 bridgehead atoms. The van der Waals surface area contributed by atoms with Gasteiger partial charge in [0, 0.05) is 5.57 Å². The van der Waals surface area contributed by atoms with Gasteiger partial charge in [-0.15, -0.1) is 0 Å². The van der Waals surface area contributed by atoms with Crippen LogP contribution < -0.4 is 0 Å². The van der Waals surface area contributed by atoms with Crippen LogP contribution in [0, 0.1) is 0 Å². The van der Waals surface area contributed by atoms with E-state index in [4.69, 9.17) is 0 Å². The molecule has 0 fully saturated rings. The maximum absolute atomic E-state index is 13.2. The third-order valence-corrected chi connectivity index (χ3v) is 2.64. The first-order valence-corrected chi connectivity index (χ1v) is 6.42. The summed E-state index contributed by atoms with van der Waals surface area (Å²) in [6.07, 6.45) is -14.9. The minimum absolute atomic E-state index is 0.250. The lowest BCUT2D eigenvalue weighted by Gasteiger charge is -2.38. The van der Waals surface area contributed by atoms with Crippen molar-refractivity contribution < 1.29 is 66.6 Å². The SMILES string of the molecule is C=C(C)C(=O)OC(F)C(F)(F)C(F)(F)C(F)(F)C(F)(F)C(F)C(F)F.C=CF. The quantitative estimate of drug-likeness (QED) is 0.274. The van der Waals surface area contributed by atoms with E-state index in [1.165, 1.54) is 0 Å². The van der Waals surface area contributed by atoms with Gasteiger partial charge in [-0.25, -0.2) is 22.4 Å². The fourth-order valence-corrected chi connectivity index (χ4v) is 1.16. The van der Waals surface area contributed by atoms with E-state index in [2.05, 4.69) is 17.9 Å². The summed E-state index contributed by atoms with van der Waals surface area (Å²) in [4.78, 5) is 10.7. The van der Waals surface area contributed by atoms with E-state index >= 15 is 0 Å². The van der Waals surface area contributed by atoms with Gasteiger partial charge in [-0.2, -0.15) is 39.5 Å². The van der Waals surface area contributed by atoms with Gasteiger partial charge >= 0.3 is 36.0 Å². The smallest absolute Gasteiger partial charge is 0.385 e. The van der Waals surface area contributed by atoms with Crippen LogP contribution in [0.2, 0.25) is 0 Å². The van der Waals surface area contributed by atoms with E-state index in [0.29, 0.717) is 6.92 Å². The maximum Gasteiger partial charge on any atom is 0.385 e. The molecule has 0 saturated carbocycles. The number of ether oxygens (including phenoxy) is 1. The lowest BCUT2D eigenvalue weighted by Crippen LogP contribution is -2.67. The summed E-state index contributed by atoms with van der Waals surface area (Å²) < 4.78 is 167. The molecule has 2 atom stereocenters. The van der Waals surface area contributed by atoms with E-state index in [0.717, 1.165) is 0 Å². The van der Waals surface area contributed by atoms with Crippen LogP contribution in [0.4, 0.5) is 57.1 Å². The van der Waals surface area contributed by atoms with Crippen LogP contribution in [0.1, 0.15) is 6.92 Å². The molecule has 0 N–H and O–H groups in total. The first-order chi connectivity index (χ1) is 12.3. The van der Waals surface area contributed by atoms with Gasteiger partial charge in [-0.05, 0) is 6.92 Å². The van der Waals surface area contributed by atoms with Crippen molar-refractivity contribution in [3.8, 4) is 0 Å². The third kappa shape index (κ3) is 5.31. The lowest BCUT2D eigenvalue weighted by molar-refractivity contribution is -0.399. The first-order valence-electron chi connectivity index (χ1n) is 6.42. The van der Waals surface area contributed by atoms with Gasteiger partial charge in [0.15, 0.2) is 0 Å². The Kier molecular flexibility index (Phi) is 9.58.